The van der Waals surface area contributed by atoms with Crippen molar-refractivity contribution < 1.29 is 0 Å². The van der Waals surface area contributed by atoms with Gasteiger partial charge in [-0.15, -0.1) is 0 Å². The molecule has 0 radical (unpaired) electrons. The number of halogens is 1. The highest BCUT2D eigenvalue weighted by Crippen LogP contribution is 2.20. The van der Waals surface area contributed by atoms with Gasteiger partial charge in [-0.25, -0.2) is 0 Å². The summed E-state index contributed by atoms with van der Waals surface area (Å²) in [5.74, 6) is 0.779. The second kappa shape index (κ2) is 5.27. The van der Waals surface area contributed by atoms with E-state index in [-0.39, 0.29) is 5.41 Å². The fourth-order valence-corrected chi connectivity index (χ4v) is 1.95. The van der Waals surface area contributed by atoms with E-state index >= 15 is 0 Å². The van der Waals surface area contributed by atoms with E-state index in [1.807, 2.05) is 24.3 Å². The molecule has 0 aliphatic heterocycles. The molecular weight excluding hydrogens is 280 g/mol. The molecule has 0 aliphatic carbocycles. The van der Waals surface area contributed by atoms with E-state index in [4.69, 9.17) is 23.8 Å². The zero-order chi connectivity index (χ0) is 14.0. The van der Waals surface area contributed by atoms with Gasteiger partial charge in [0.2, 0.25) is 4.77 Å². The minimum Gasteiger partial charge on any atom is -0.250 e. The fraction of sp³-hybridized carbons (Fsp3) is 0.308. The highest BCUT2D eigenvalue weighted by molar-refractivity contribution is 7.71. The van der Waals surface area contributed by atoms with Crippen molar-refractivity contribution in [3.05, 3.63) is 45.4 Å². The van der Waals surface area contributed by atoms with Crippen molar-refractivity contribution in [1.29, 1.82) is 0 Å². The average molecular weight is 295 g/mol. The Morgan fingerprint density at radius 3 is 2.68 bits per heavy atom. The molecule has 0 spiro atoms. The molecule has 1 N–H and O–H groups in total. The molecule has 1 aromatic carbocycles. The summed E-state index contributed by atoms with van der Waals surface area (Å²) in [7, 11) is 0. The van der Waals surface area contributed by atoms with E-state index in [2.05, 4.69) is 36.1 Å². The third-order valence-electron chi connectivity index (χ3n) is 2.54. The second-order valence-corrected chi connectivity index (χ2v) is 5.97. The van der Waals surface area contributed by atoms with Gasteiger partial charge in [-0.3, -0.25) is 5.10 Å². The monoisotopic (exact) mass is 294 g/mol. The Bertz CT molecular complexity index is 664. The summed E-state index contributed by atoms with van der Waals surface area (Å²) in [6.45, 7) is 6.17. The third-order valence-corrected chi connectivity index (χ3v) is 3.15. The van der Waals surface area contributed by atoms with Crippen LogP contribution in [-0.4, -0.2) is 21.1 Å². The van der Waals surface area contributed by atoms with E-state index < -0.39 is 0 Å². The lowest BCUT2D eigenvalue weighted by Gasteiger charge is -2.15. The van der Waals surface area contributed by atoms with E-state index in [1.54, 1.807) is 10.9 Å². The van der Waals surface area contributed by atoms with Gasteiger partial charge in [0.15, 0.2) is 5.82 Å². The van der Waals surface area contributed by atoms with Gasteiger partial charge in [-0.05, 0) is 18.3 Å². The molecule has 0 fully saturated rings. The summed E-state index contributed by atoms with van der Waals surface area (Å²) < 4.78 is 2.09. The molecule has 6 heteroatoms. The Kier molecular flexibility index (Phi) is 3.87. The number of hydrogen-bond donors (Lipinski definition) is 1. The van der Waals surface area contributed by atoms with Crippen LogP contribution in [0.5, 0.6) is 0 Å². The van der Waals surface area contributed by atoms with Gasteiger partial charge in [-0.2, -0.15) is 14.9 Å². The average Bonchev–Trinajstić information content (AvgIpc) is 2.69. The molecule has 4 nitrogen and oxygen atoms in total. The molecule has 1 heterocycles. The zero-order valence-corrected chi connectivity index (χ0v) is 12.6. The zero-order valence-electron chi connectivity index (χ0n) is 11.0. The fourth-order valence-electron chi connectivity index (χ4n) is 1.58. The molecular formula is C13H15ClN4S. The molecule has 2 rings (SSSR count). The van der Waals surface area contributed by atoms with E-state index in [9.17, 15) is 0 Å². The molecule has 1 aromatic heterocycles. The summed E-state index contributed by atoms with van der Waals surface area (Å²) >= 11 is 11.3. The summed E-state index contributed by atoms with van der Waals surface area (Å²) in [4.78, 5) is 0. The Hall–Kier alpha value is -1.46. The number of nitrogens with one attached hydrogen (secondary N) is 1. The molecule has 0 atom stereocenters. The van der Waals surface area contributed by atoms with Gasteiger partial charge in [0, 0.05) is 16.0 Å². The van der Waals surface area contributed by atoms with Crippen molar-refractivity contribution in [3.8, 4) is 0 Å². The molecule has 0 saturated carbocycles. The van der Waals surface area contributed by atoms with Crippen molar-refractivity contribution >= 4 is 30.0 Å². The molecule has 0 aliphatic rings. The van der Waals surface area contributed by atoms with Crippen molar-refractivity contribution in [1.82, 2.24) is 14.9 Å². The van der Waals surface area contributed by atoms with Crippen LogP contribution in [0.1, 0.15) is 32.2 Å². The number of aromatic nitrogens is 3. The molecule has 0 amide bonds. The van der Waals surface area contributed by atoms with Gasteiger partial charge in [-0.1, -0.05) is 50.6 Å². The van der Waals surface area contributed by atoms with Crippen LogP contribution in [0.15, 0.2) is 29.4 Å². The normalized spacial score (nSPS) is 12.2. The van der Waals surface area contributed by atoms with Crippen LogP contribution in [0.4, 0.5) is 0 Å². The minimum absolute atomic E-state index is 0.147. The van der Waals surface area contributed by atoms with Gasteiger partial charge in [0.1, 0.15) is 0 Å². The van der Waals surface area contributed by atoms with Gasteiger partial charge in [0.25, 0.3) is 0 Å². The maximum Gasteiger partial charge on any atom is 0.216 e. The number of hydrogen-bond acceptors (Lipinski definition) is 3. The number of H-pyrrole nitrogens is 1. The summed E-state index contributed by atoms with van der Waals surface area (Å²) in [6.07, 6.45) is 1.68. The lowest BCUT2D eigenvalue weighted by molar-refractivity contribution is 0.516. The quantitative estimate of drug-likeness (QED) is 0.677. The first-order chi connectivity index (χ1) is 8.89. The number of benzene rings is 1. The molecule has 19 heavy (non-hydrogen) atoms. The summed E-state index contributed by atoms with van der Waals surface area (Å²) in [5.41, 5.74) is 0.692. The SMILES string of the molecule is CC(C)(C)c1n[nH]c(=S)n1/N=C\c1ccccc1Cl. The van der Waals surface area contributed by atoms with E-state index in [1.165, 1.54) is 0 Å². The van der Waals surface area contributed by atoms with Crippen LogP contribution < -0.4 is 0 Å². The van der Waals surface area contributed by atoms with E-state index in [0.717, 1.165) is 11.4 Å². The number of rotatable bonds is 2. The van der Waals surface area contributed by atoms with Crippen LogP contribution in [0.2, 0.25) is 5.02 Å². The lowest BCUT2D eigenvalue weighted by atomic mass is 9.96. The van der Waals surface area contributed by atoms with Crippen molar-refractivity contribution in [2.24, 2.45) is 5.10 Å². The first-order valence-electron chi connectivity index (χ1n) is 5.86. The topological polar surface area (TPSA) is 46.0 Å². The van der Waals surface area contributed by atoms with Crippen LogP contribution in [0.3, 0.4) is 0 Å². The Labute approximate surface area is 122 Å². The molecule has 0 saturated heterocycles. The predicted molar refractivity (Wildman–Crippen MR) is 80.6 cm³/mol. The Morgan fingerprint density at radius 2 is 2.05 bits per heavy atom. The molecule has 2 aromatic rings. The first kappa shape index (κ1) is 14.0. The maximum atomic E-state index is 6.08. The predicted octanol–water partition coefficient (Wildman–Crippen LogP) is 3.77. The summed E-state index contributed by atoms with van der Waals surface area (Å²) in [6, 6.07) is 7.50. The maximum absolute atomic E-state index is 6.08. The summed E-state index contributed by atoms with van der Waals surface area (Å²) in [5, 5.41) is 12.0. The third kappa shape index (κ3) is 3.11. The number of aromatic amines is 1. The molecule has 0 unspecified atom stereocenters. The van der Waals surface area contributed by atoms with Gasteiger partial charge >= 0.3 is 0 Å². The van der Waals surface area contributed by atoms with Crippen LogP contribution in [0.25, 0.3) is 0 Å². The molecule has 0 bridgehead atoms. The van der Waals surface area contributed by atoms with E-state index in [0.29, 0.717) is 9.79 Å². The smallest absolute Gasteiger partial charge is 0.216 e. The van der Waals surface area contributed by atoms with Crippen molar-refractivity contribution in [2.45, 2.75) is 26.2 Å². The minimum atomic E-state index is -0.147. The van der Waals surface area contributed by atoms with Crippen LogP contribution >= 0.6 is 23.8 Å². The first-order valence-corrected chi connectivity index (χ1v) is 6.65. The highest BCUT2D eigenvalue weighted by Gasteiger charge is 2.21. The highest BCUT2D eigenvalue weighted by atomic mass is 35.5. The lowest BCUT2D eigenvalue weighted by Crippen LogP contribution is -2.17. The standard InChI is InChI=1S/C13H15ClN4S/c1-13(2,3)11-16-17-12(19)18(11)15-8-9-6-4-5-7-10(9)14/h4-8H,1-3H3,(H,17,19)/b15-8-. The second-order valence-electron chi connectivity index (χ2n) is 5.18. The van der Waals surface area contributed by atoms with Gasteiger partial charge < -0.3 is 0 Å². The van der Waals surface area contributed by atoms with Gasteiger partial charge in [0.05, 0.1) is 6.21 Å². The van der Waals surface area contributed by atoms with Crippen LogP contribution in [0, 0.1) is 4.77 Å². The van der Waals surface area contributed by atoms with Crippen molar-refractivity contribution in [2.75, 3.05) is 0 Å². The molecule has 100 valence electrons. The largest absolute Gasteiger partial charge is 0.250 e. The van der Waals surface area contributed by atoms with Crippen LogP contribution in [-0.2, 0) is 5.41 Å². The number of nitrogens with zero attached hydrogens (tertiary/aromatic N) is 3. The Morgan fingerprint density at radius 1 is 1.37 bits per heavy atom. The van der Waals surface area contributed by atoms with Crippen molar-refractivity contribution in [3.63, 3.8) is 0 Å². The Balaban J connectivity index is 2.42.